The van der Waals surface area contributed by atoms with Gasteiger partial charge >= 0.3 is 0 Å². The number of carbonyl (C=O) groups excluding carboxylic acids is 1. The van der Waals surface area contributed by atoms with Crippen LogP contribution < -0.4 is 14.9 Å². The van der Waals surface area contributed by atoms with Gasteiger partial charge in [-0.2, -0.15) is 5.10 Å². The van der Waals surface area contributed by atoms with E-state index in [-0.39, 0.29) is 5.91 Å². The molecule has 1 amide bonds. The molecule has 0 radical (unpaired) electrons. The number of halogens is 2. The Morgan fingerprint density at radius 2 is 1.87 bits per heavy atom. The van der Waals surface area contributed by atoms with Gasteiger partial charge in [-0.1, -0.05) is 45.7 Å². The Morgan fingerprint density at radius 3 is 2.60 bits per heavy atom. The highest BCUT2D eigenvalue weighted by atomic mass is 79.9. The van der Waals surface area contributed by atoms with E-state index in [1.807, 2.05) is 49.4 Å². The van der Waals surface area contributed by atoms with Gasteiger partial charge in [0.15, 0.2) is 11.5 Å². The molecule has 30 heavy (non-hydrogen) atoms. The zero-order chi connectivity index (χ0) is 21.3. The quantitative estimate of drug-likeness (QED) is 0.320. The summed E-state index contributed by atoms with van der Waals surface area (Å²) in [6, 6.07) is 20.1. The van der Waals surface area contributed by atoms with Crippen molar-refractivity contribution in [3.8, 4) is 11.5 Å². The summed E-state index contributed by atoms with van der Waals surface area (Å²) in [5, 5.41) is 4.50. The second kappa shape index (κ2) is 10.8. The van der Waals surface area contributed by atoms with Crippen molar-refractivity contribution in [1.82, 2.24) is 5.43 Å². The summed E-state index contributed by atoms with van der Waals surface area (Å²) in [5.41, 5.74) is 4.74. The number of hydrogen-bond donors (Lipinski definition) is 1. The van der Waals surface area contributed by atoms with E-state index in [0.29, 0.717) is 35.3 Å². The van der Waals surface area contributed by atoms with Crippen molar-refractivity contribution in [2.24, 2.45) is 5.10 Å². The number of hydrogen-bond acceptors (Lipinski definition) is 4. The van der Waals surface area contributed by atoms with Crippen molar-refractivity contribution in [3.63, 3.8) is 0 Å². The van der Waals surface area contributed by atoms with Gasteiger partial charge in [0.1, 0.15) is 6.61 Å². The molecule has 7 heteroatoms. The molecule has 154 valence electrons. The second-order valence-corrected chi connectivity index (χ2v) is 7.62. The molecule has 0 aliphatic carbocycles. The number of ether oxygens (including phenoxy) is 2. The standard InChI is InChI=1S/C23H20BrClN2O3/c1-2-29-22-12-17(14-26-27-23(28)18-4-3-5-20(25)13-18)8-11-21(22)30-15-16-6-9-19(24)10-7-16/h3-14H,2,15H2,1H3,(H,27,28)/b26-14-. The molecular weight excluding hydrogens is 468 g/mol. The Hall–Kier alpha value is -2.83. The van der Waals surface area contributed by atoms with Crippen LogP contribution in [-0.4, -0.2) is 18.7 Å². The monoisotopic (exact) mass is 486 g/mol. The molecule has 0 aliphatic rings. The summed E-state index contributed by atoms with van der Waals surface area (Å²) in [4.78, 5) is 12.1. The first-order valence-electron chi connectivity index (χ1n) is 9.28. The third-order valence-electron chi connectivity index (χ3n) is 4.04. The molecule has 1 N–H and O–H groups in total. The van der Waals surface area contributed by atoms with Gasteiger partial charge < -0.3 is 9.47 Å². The predicted molar refractivity (Wildman–Crippen MR) is 123 cm³/mol. The van der Waals surface area contributed by atoms with Crippen molar-refractivity contribution >= 4 is 39.7 Å². The van der Waals surface area contributed by atoms with E-state index in [1.165, 1.54) is 0 Å². The number of carbonyl (C=O) groups is 1. The molecule has 0 saturated carbocycles. The van der Waals surface area contributed by atoms with Crippen molar-refractivity contribution in [2.75, 3.05) is 6.61 Å². The predicted octanol–water partition coefficient (Wildman–Crippen LogP) is 5.84. The van der Waals surface area contributed by atoms with Gasteiger partial charge in [0, 0.05) is 15.1 Å². The second-order valence-electron chi connectivity index (χ2n) is 6.26. The lowest BCUT2D eigenvalue weighted by atomic mass is 10.2. The van der Waals surface area contributed by atoms with Crippen molar-refractivity contribution in [3.05, 3.63) is 92.9 Å². The topological polar surface area (TPSA) is 59.9 Å². The Morgan fingerprint density at radius 1 is 1.07 bits per heavy atom. The smallest absolute Gasteiger partial charge is 0.271 e. The van der Waals surface area contributed by atoms with Crippen LogP contribution in [0.3, 0.4) is 0 Å². The Bertz CT molecular complexity index is 1040. The van der Waals surface area contributed by atoms with Crippen LogP contribution in [-0.2, 0) is 6.61 Å². The molecule has 0 atom stereocenters. The Labute approximate surface area is 188 Å². The van der Waals surface area contributed by atoms with Gasteiger partial charge in [0.05, 0.1) is 12.8 Å². The maximum atomic E-state index is 12.1. The van der Waals surface area contributed by atoms with E-state index in [2.05, 4.69) is 26.5 Å². The molecule has 3 aromatic carbocycles. The van der Waals surface area contributed by atoms with Crippen LogP contribution in [0.25, 0.3) is 0 Å². The molecule has 3 aromatic rings. The minimum absolute atomic E-state index is 0.340. The maximum Gasteiger partial charge on any atom is 0.271 e. The van der Waals surface area contributed by atoms with E-state index < -0.39 is 0 Å². The van der Waals surface area contributed by atoms with Crippen LogP contribution in [0.4, 0.5) is 0 Å². The summed E-state index contributed by atoms with van der Waals surface area (Å²) in [7, 11) is 0. The summed E-state index contributed by atoms with van der Waals surface area (Å²) < 4.78 is 12.6. The molecular formula is C23H20BrClN2O3. The fourth-order valence-electron chi connectivity index (χ4n) is 2.59. The number of benzene rings is 3. The van der Waals surface area contributed by atoms with Crippen molar-refractivity contribution < 1.29 is 14.3 Å². The summed E-state index contributed by atoms with van der Waals surface area (Å²) in [6.07, 6.45) is 1.55. The largest absolute Gasteiger partial charge is 0.490 e. The summed E-state index contributed by atoms with van der Waals surface area (Å²) in [6.45, 7) is 2.84. The fraction of sp³-hybridized carbons (Fsp3) is 0.130. The van der Waals surface area contributed by atoms with Gasteiger partial charge in [-0.3, -0.25) is 4.79 Å². The Balaban J connectivity index is 1.65. The van der Waals surface area contributed by atoms with Gasteiger partial charge in [-0.15, -0.1) is 0 Å². The Kier molecular flexibility index (Phi) is 7.88. The molecule has 0 spiro atoms. The SMILES string of the molecule is CCOc1cc(/C=N\NC(=O)c2cccc(Cl)c2)ccc1OCc1ccc(Br)cc1. The molecule has 0 aromatic heterocycles. The highest BCUT2D eigenvalue weighted by Gasteiger charge is 2.07. The lowest BCUT2D eigenvalue weighted by Gasteiger charge is -2.12. The molecule has 0 fully saturated rings. The normalized spacial score (nSPS) is 10.8. The van der Waals surface area contributed by atoms with Crippen LogP contribution in [0.5, 0.6) is 11.5 Å². The number of amides is 1. The van der Waals surface area contributed by atoms with Crippen LogP contribution in [0.15, 0.2) is 76.3 Å². The molecule has 5 nitrogen and oxygen atoms in total. The third-order valence-corrected chi connectivity index (χ3v) is 4.81. The number of rotatable bonds is 8. The van der Waals surface area contributed by atoms with Crippen LogP contribution in [0.1, 0.15) is 28.4 Å². The van der Waals surface area contributed by atoms with Crippen LogP contribution in [0.2, 0.25) is 5.02 Å². The van der Waals surface area contributed by atoms with Crippen LogP contribution in [0, 0.1) is 0 Å². The fourth-order valence-corrected chi connectivity index (χ4v) is 3.05. The first-order chi connectivity index (χ1) is 14.5. The highest BCUT2D eigenvalue weighted by Crippen LogP contribution is 2.29. The molecule has 0 saturated heterocycles. The van der Waals surface area contributed by atoms with E-state index in [1.54, 1.807) is 30.5 Å². The minimum Gasteiger partial charge on any atom is -0.490 e. The van der Waals surface area contributed by atoms with E-state index in [9.17, 15) is 4.79 Å². The lowest BCUT2D eigenvalue weighted by molar-refractivity contribution is 0.0955. The average Bonchev–Trinajstić information content (AvgIpc) is 2.74. The van der Waals surface area contributed by atoms with E-state index in [4.69, 9.17) is 21.1 Å². The average molecular weight is 488 g/mol. The van der Waals surface area contributed by atoms with E-state index in [0.717, 1.165) is 15.6 Å². The number of nitrogens with one attached hydrogen (secondary N) is 1. The van der Waals surface area contributed by atoms with Gasteiger partial charge in [-0.25, -0.2) is 5.43 Å². The first-order valence-corrected chi connectivity index (χ1v) is 10.5. The summed E-state index contributed by atoms with van der Waals surface area (Å²) in [5.74, 6) is 0.910. The minimum atomic E-state index is -0.340. The summed E-state index contributed by atoms with van der Waals surface area (Å²) >= 11 is 9.33. The molecule has 0 heterocycles. The zero-order valence-electron chi connectivity index (χ0n) is 16.3. The maximum absolute atomic E-state index is 12.1. The first kappa shape index (κ1) is 21.9. The van der Waals surface area contributed by atoms with Crippen LogP contribution >= 0.6 is 27.5 Å². The molecule has 0 bridgehead atoms. The van der Waals surface area contributed by atoms with Gasteiger partial charge in [0.2, 0.25) is 0 Å². The molecule has 0 unspecified atom stereocenters. The van der Waals surface area contributed by atoms with Crippen molar-refractivity contribution in [2.45, 2.75) is 13.5 Å². The third kappa shape index (κ3) is 6.34. The van der Waals surface area contributed by atoms with Crippen molar-refractivity contribution in [1.29, 1.82) is 0 Å². The number of hydrazone groups is 1. The highest BCUT2D eigenvalue weighted by molar-refractivity contribution is 9.10. The van der Waals surface area contributed by atoms with E-state index >= 15 is 0 Å². The molecule has 0 aliphatic heterocycles. The zero-order valence-corrected chi connectivity index (χ0v) is 18.6. The lowest BCUT2D eigenvalue weighted by Crippen LogP contribution is -2.17. The van der Waals surface area contributed by atoms with Gasteiger partial charge in [0.25, 0.3) is 5.91 Å². The van der Waals surface area contributed by atoms with Gasteiger partial charge in [-0.05, 0) is 66.6 Å². The number of nitrogens with zero attached hydrogens (tertiary/aromatic N) is 1. The molecule has 3 rings (SSSR count).